The first kappa shape index (κ1) is 19.4. The normalized spacial score (nSPS) is 11.4. The van der Waals surface area contributed by atoms with Crippen molar-refractivity contribution in [2.45, 2.75) is 19.9 Å². The zero-order valence-electron chi connectivity index (χ0n) is 15.5. The van der Waals surface area contributed by atoms with Gasteiger partial charge in [-0.25, -0.2) is 4.98 Å². The smallest absolute Gasteiger partial charge is 0.274 e. The van der Waals surface area contributed by atoms with Crippen LogP contribution < -0.4 is 10.6 Å². The number of aryl methyl sites for hydroxylation is 1. The lowest BCUT2D eigenvalue weighted by atomic mass is 10.1. The maximum atomic E-state index is 12.4. The molecule has 1 atom stereocenters. The summed E-state index contributed by atoms with van der Waals surface area (Å²) in [6.45, 7) is 3.75. The third kappa shape index (κ3) is 4.48. The molecule has 0 bridgehead atoms. The number of aromatic nitrogens is 1. The number of nitriles is 1. The molecular weight excluding hydrogens is 372 g/mol. The topological polar surface area (TPSA) is 77.8 Å². The van der Waals surface area contributed by atoms with Gasteiger partial charge in [0.15, 0.2) is 0 Å². The van der Waals surface area contributed by atoms with Crippen molar-refractivity contribution in [3.05, 3.63) is 88.2 Å². The van der Waals surface area contributed by atoms with E-state index in [9.17, 15) is 4.79 Å². The number of nitrogens with one attached hydrogen (secondary N) is 2. The Balaban J connectivity index is 1.71. The van der Waals surface area contributed by atoms with Crippen molar-refractivity contribution in [1.29, 1.82) is 5.26 Å². The number of rotatable bonds is 5. The Bertz CT molecular complexity index is 1040. The van der Waals surface area contributed by atoms with Gasteiger partial charge in [-0.05, 0) is 49.7 Å². The summed E-state index contributed by atoms with van der Waals surface area (Å²) >= 11 is 6.39. The summed E-state index contributed by atoms with van der Waals surface area (Å²) < 4.78 is 0. The fourth-order valence-electron chi connectivity index (χ4n) is 2.77. The van der Waals surface area contributed by atoms with E-state index >= 15 is 0 Å². The number of halogens is 1. The molecule has 1 unspecified atom stereocenters. The number of anilines is 2. The van der Waals surface area contributed by atoms with Crippen molar-refractivity contribution < 1.29 is 4.79 Å². The van der Waals surface area contributed by atoms with Gasteiger partial charge in [0.25, 0.3) is 5.91 Å². The second-order valence-electron chi connectivity index (χ2n) is 6.37. The molecule has 0 aliphatic carbocycles. The molecule has 0 spiro atoms. The molecule has 3 rings (SSSR count). The minimum atomic E-state index is -0.359. The second kappa shape index (κ2) is 8.55. The SMILES string of the molecule is Cc1nc(C(=O)Nc2ccc(NC(C)c3ccccc3)c(Cl)c2)ccc1C#N. The molecule has 2 N–H and O–H groups in total. The maximum absolute atomic E-state index is 12.4. The lowest BCUT2D eigenvalue weighted by Gasteiger charge is -2.17. The first-order valence-corrected chi connectivity index (χ1v) is 9.16. The van der Waals surface area contributed by atoms with Crippen LogP contribution in [0, 0.1) is 18.3 Å². The van der Waals surface area contributed by atoms with E-state index in [1.807, 2.05) is 42.5 Å². The van der Waals surface area contributed by atoms with E-state index in [1.165, 1.54) is 6.07 Å². The predicted molar refractivity (Wildman–Crippen MR) is 112 cm³/mol. The van der Waals surface area contributed by atoms with Crippen molar-refractivity contribution in [1.82, 2.24) is 4.98 Å². The number of carbonyl (C=O) groups excluding carboxylic acids is 1. The van der Waals surface area contributed by atoms with Gasteiger partial charge < -0.3 is 10.6 Å². The zero-order valence-corrected chi connectivity index (χ0v) is 16.3. The quantitative estimate of drug-likeness (QED) is 0.616. The second-order valence-corrected chi connectivity index (χ2v) is 6.77. The largest absolute Gasteiger partial charge is 0.377 e. The summed E-state index contributed by atoms with van der Waals surface area (Å²) in [5.41, 5.74) is 3.70. The summed E-state index contributed by atoms with van der Waals surface area (Å²) in [7, 11) is 0. The molecule has 0 saturated heterocycles. The molecule has 1 heterocycles. The van der Waals surface area contributed by atoms with Gasteiger partial charge >= 0.3 is 0 Å². The minimum absolute atomic E-state index is 0.0879. The van der Waals surface area contributed by atoms with Crippen molar-refractivity contribution in [2.75, 3.05) is 10.6 Å². The summed E-state index contributed by atoms with van der Waals surface area (Å²) in [6, 6.07) is 20.6. The number of carbonyl (C=O) groups is 1. The van der Waals surface area contributed by atoms with Gasteiger partial charge in [0.2, 0.25) is 0 Å². The van der Waals surface area contributed by atoms with Crippen molar-refractivity contribution in [3.8, 4) is 6.07 Å². The molecule has 3 aromatic rings. The van der Waals surface area contributed by atoms with Crippen molar-refractivity contribution >= 4 is 28.9 Å². The van der Waals surface area contributed by atoms with Crippen LogP contribution in [-0.2, 0) is 0 Å². The van der Waals surface area contributed by atoms with Crippen LogP contribution in [0.2, 0.25) is 5.02 Å². The van der Waals surface area contributed by atoms with Gasteiger partial charge in [0.1, 0.15) is 11.8 Å². The zero-order chi connectivity index (χ0) is 20.1. The lowest BCUT2D eigenvalue weighted by molar-refractivity contribution is 0.102. The molecule has 0 radical (unpaired) electrons. The third-order valence-corrected chi connectivity index (χ3v) is 4.65. The molecule has 0 aliphatic heterocycles. The molecular formula is C22H19ClN4O. The van der Waals surface area contributed by atoms with E-state index in [4.69, 9.17) is 16.9 Å². The first-order valence-electron chi connectivity index (χ1n) is 8.78. The fraction of sp³-hybridized carbons (Fsp3) is 0.136. The van der Waals surface area contributed by atoms with Gasteiger partial charge in [-0.1, -0.05) is 41.9 Å². The van der Waals surface area contributed by atoms with Crippen LogP contribution in [-0.4, -0.2) is 10.9 Å². The molecule has 0 aliphatic rings. The highest BCUT2D eigenvalue weighted by Gasteiger charge is 2.12. The standard InChI is InChI=1S/C22H19ClN4O/c1-14(16-6-4-3-5-7-16)25-20-11-9-18(12-19(20)23)27-22(28)21-10-8-17(13-24)15(2)26-21/h3-12,14,25H,1-2H3,(H,27,28). The van der Waals surface area contributed by atoms with E-state index in [1.54, 1.807) is 25.1 Å². The fourth-order valence-corrected chi connectivity index (χ4v) is 3.00. The molecule has 28 heavy (non-hydrogen) atoms. The van der Waals surface area contributed by atoms with Gasteiger partial charge in [0.05, 0.1) is 22.0 Å². The Morgan fingerprint density at radius 3 is 2.54 bits per heavy atom. The molecule has 0 fully saturated rings. The van der Waals surface area contributed by atoms with Crippen molar-refractivity contribution in [2.24, 2.45) is 0 Å². The molecule has 1 aromatic heterocycles. The number of pyridine rings is 1. The number of hydrogen-bond acceptors (Lipinski definition) is 4. The van der Waals surface area contributed by atoms with Gasteiger partial charge in [-0.3, -0.25) is 4.79 Å². The average Bonchev–Trinajstić information content (AvgIpc) is 2.70. The molecule has 0 saturated carbocycles. The highest BCUT2D eigenvalue weighted by molar-refractivity contribution is 6.33. The van der Waals surface area contributed by atoms with Crippen LogP contribution in [0.4, 0.5) is 11.4 Å². The summed E-state index contributed by atoms with van der Waals surface area (Å²) in [4.78, 5) is 16.6. The minimum Gasteiger partial charge on any atom is -0.377 e. The molecule has 140 valence electrons. The van der Waals surface area contributed by atoms with E-state index in [-0.39, 0.29) is 17.6 Å². The Morgan fingerprint density at radius 1 is 1.14 bits per heavy atom. The number of nitrogens with zero attached hydrogens (tertiary/aromatic N) is 2. The molecule has 2 aromatic carbocycles. The van der Waals surface area contributed by atoms with Crippen LogP contribution in [0.1, 0.15) is 40.3 Å². The molecule has 6 heteroatoms. The summed E-state index contributed by atoms with van der Waals surface area (Å²) in [5, 5.41) is 15.6. The van der Waals surface area contributed by atoms with E-state index in [0.29, 0.717) is 22.0 Å². The summed E-state index contributed by atoms with van der Waals surface area (Å²) in [5.74, 6) is -0.359. The molecule has 5 nitrogen and oxygen atoms in total. The Hall–Kier alpha value is -3.36. The monoisotopic (exact) mass is 390 g/mol. The van der Waals surface area contributed by atoms with E-state index < -0.39 is 0 Å². The van der Waals surface area contributed by atoms with Crippen LogP contribution >= 0.6 is 11.6 Å². The van der Waals surface area contributed by atoms with Gasteiger partial charge in [-0.2, -0.15) is 5.26 Å². The van der Waals surface area contributed by atoms with Gasteiger partial charge in [-0.15, -0.1) is 0 Å². The Morgan fingerprint density at radius 2 is 1.89 bits per heavy atom. The first-order chi connectivity index (χ1) is 13.5. The predicted octanol–water partition coefficient (Wildman–Crippen LogP) is 5.34. The van der Waals surface area contributed by atoms with Crippen LogP contribution in [0.15, 0.2) is 60.7 Å². The number of benzene rings is 2. The Kier molecular flexibility index (Phi) is 5.93. The third-order valence-electron chi connectivity index (χ3n) is 4.34. The summed E-state index contributed by atoms with van der Waals surface area (Å²) in [6.07, 6.45) is 0. The van der Waals surface area contributed by atoms with Gasteiger partial charge in [0, 0.05) is 11.7 Å². The van der Waals surface area contributed by atoms with Crippen LogP contribution in [0.5, 0.6) is 0 Å². The van der Waals surface area contributed by atoms with Crippen molar-refractivity contribution in [3.63, 3.8) is 0 Å². The maximum Gasteiger partial charge on any atom is 0.274 e. The highest BCUT2D eigenvalue weighted by Crippen LogP contribution is 2.29. The van der Waals surface area contributed by atoms with E-state index in [0.717, 1.165) is 11.3 Å². The number of hydrogen-bond donors (Lipinski definition) is 2. The van der Waals surface area contributed by atoms with Crippen LogP contribution in [0.3, 0.4) is 0 Å². The Labute approximate surface area is 169 Å². The highest BCUT2D eigenvalue weighted by atomic mass is 35.5. The lowest BCUT2D eigenvalue weighted by Crippen LogP contribution is -2.14. The van der Waals surface area contributed by atoms with Crippen LogP contribution in [0.25, 0.3) is 0 Å². The molecule has 1 amide bonds. The van der Waals surface area contributed by atoms with E-state index in [2.05, 4.69) is 22.5 Å². The average molecular weight is 391 g/mol. The number of amides is 1.